The molecule has 0 amide bonds. The average Bonchev–Trinajstić information content (AvgIpc) is 3.12. The van der Waals surface area contributed by atoms with Crippen molar-refractivity contribution in [1.82, 2.24) is 9.55 Å². The first kappa shape index (κ1) is 8.17. The van der Waals surface area contributed by atoms with E-state index in [-0.39, 0.29) is 0 Å². The van der Waals surface area contributed by atoms with Crippen LogP contribution in [-0.2, 0) is 13.5 Å². The maximum atomic E-state index is 7.93. The first-order valence-electron chi connectivity index (χ1n) is 7.95. The topological polar surface area (TPSA) is 21.7 Å². The van der Waals surface area contributed by atoms with Gasteiger partial charge in [-0.1, -0.05) is 18.2 Å². The summed E-state index contributed by atoms with van der Waals surface area (Å²) in [6.07, 6.45) is 3.41. The number of fused-ring (bicyclic) bond motifs is 7. The van der Waals surface area contributed by atoms with Crippen molar-refractivity contribution >= 4 is 32.6 Å². The first-order valence-corrected chi connectivity index (χ1v) is 7.27. The molecule has 4 heterocycles. The number of nitrogens with zero attached hydrogens (tertiary/aromatic N) is 3. The van der Waals surface area contributed by atoms with Crippen LogP contribution >= 0.6 is 11.3 Å². The fourth-order valence-electron chi connectivity index (χ4n) is 3.09. The summed E-state index contributed by atoms with van der Waals surface area (Å²) < 4.78 is 27.5. The van der Waals surface area contributed by atoms with Crippen molar-refractivity contribution in [1.29, 1.82) is 0 Å². The zero-order valence-electron chi connectivity index (χ0n) is 13.5. The number of benzene rings is 1. The Bertz CT molecular complexity index is 1090. The lowest BCUT2D eigenvalue weighted by Gasteiger charge is -1.93. The van der Waals surface area contributed by atoms with Crippen LogP contribution in [0.15, 0.2) is 42.7 Å². The molecule has 1 aliphatic heterocycles. The molecule has 3 nitrogen and oxygen atoms in total. The van der Waals surface area contributed by atoms with Crippen molar-refractivity contribution in [3.8, 4) is 10.6 Å². The lowest BCUT2D eigenvalue weighted by atomic mass is 10.1. The molecule has 0 aliphatic carbocycles. The molecule has 1 aliphatic rings. The highest BCUT2D eigenvalue weighted by Gasteiger charge is 2.34. The number of rotatable bonds is 0. The van der Waals surface area contributed by atoms with E-state index in [1.54, 1.807) is 29.8 Å². The Labute approximate surface area is 123 Å². The van der Waals surface area contributed by atoms with E-state index in [4.69, 9.17) is 4.11 Å². The Morgan fingerprint density at radius 1 is 1.35 bits per heavy atom. The van der Waals surface area contributed by atoms with Crippen LogP contribution in [0.5, 0.6) is 0 Å². The van der Waals surface area contributed by atoms with E-state index in [1.807, 2.05) is 12.1 Å². The van der Waals surface area contributed by atoms with Gasteiger partial charge in [0.1, 0.15) is 0 Å². The van der Waals surface area contributed by atoms with Crippen LogP contribution in [0.3, 0.4) is 0 Å². The summed E-state index contributed by atoms with van der Waals surface area (Å²) in [5.41, 5.74) is 4.16. The molecule has 5 rings (SSSR count). The van der Waals surface area contributed by atoms with Crippen LogP contribution in [-0.4, -0.2) is 9.55 Å². The van der Waals surface area contributed by atoms with Crippen LogP contribution < -0.4 is 4.57 Å². The summed E-state index contributed by atoms with van der Waals surface area (Å²) in [6.45, 7) is -1.43. The molecule has 0 spiro atoms. The van der Waals surface area contributed by atoms with Gasteiger partial charge in [0, 0.05) is 29.0 Å². The molecule has 0 atom stereocenters. The summed E-state index contributed by atoms with van der Waals surface area (Å²) in [6, 6.07) is 10.1. The first-order chi connectivity index (χ1) is 11.1. The van der Waals surface area contributed by atoms with Crippen molar-refractivity contribution in [3.05, 3.63) is 48.3 Å². The lowest BCUT2D eigenvalue weighted by Crippen LogP contribution is -2.30. The molecule has 0 radical (unpaired) electrons. The number of hydrogen-bond donors (Lipinski definition) is 0. The van der Waals surface area contributed by atoms with Crippen molar-refractivity contribution in [2.45, 2.75) is 6.54 Å². The fourth-order valence-corrected chi connectivity index (χ4v) is 4.35. The molecular formula is C16H12N3S+. The lowest BCUT2D eigenvalue weighted by molar-refractivity contribution is -0.641. The summed E-state index contributed by atoms with van der Waals surface area (Å²) in [7, 11) is 0. The third-order valence-electron chi connectivity index (χ3n) is 3.98. The van der Waals surface area contributed by atoms with Gasteiger partial charge in [-0.25, -0.2) is 0 Å². The highest BCUT2D eigenvalue weighted by Crippen LogP contribution is 2.38. The Morgan fingerprint density at radius 3 is 3.25 bits per heavy atom. The van der Waals surface area contributed by atoms with Gasteiger partial charge >= 0.3 is 0 Å². The molecule has 0 saturated carbocycles. The normalized spacial score (nSPS) is 15.9. The molecule has 0 fully saturated rings. The summed E-state index contributed by atoms with van der Waals surface area (Å²) in [5.74, 6) is 0. The minimum Gasteiger partial charge on any atom is -0.330 e. The zero-order valence-corrected chi connectivity index (χ0v) is 11.3. The van der Waals surface area contributed by atoms with E-state index in [2.05, 4.69) is 21.7 Å². The predicted octanol–water partition coefficient (Wildman–Crippen LogP) is 3.10. The van der Waals surface area contributed by atoms with Gasteiger partial charge in [-0.2, -0.15) is 4.57 Å². The molecule has 1 aromatic carbocycles. The highest BCUT2D eigenvalue weighted by atomic mass is 32.1. The molecule has 3 aromatic heterocycles. The molecule has 0 N–H and O–H groups in total. The van der Waals surface area contributed by atoms with Gasteiger partial charge in [-0.3, -0.25) is 4.98 Å². The minimum absolute atomic E-state index is 0.715. The predicted molar refractivity (Wildman–Crippen MR) is 80.8 cm³/mol. The van der Waals surface area contributed by atoms with Gasteiger partial charge in [0.15, 0.2) is 11.4 Å². The van der Waals surface area contributed by atoms with Gasteiger partial charge < -0.3 is 4.57 Å². The molecule has 0 unspecified atom stereocenters. The van der Waals surface area contributed by atoms with Gasteiger partial charge in [0.2, 0.25) is 0 Å². The Hall–Kier alpha value is -2.20. The second kappa shape index (κ2) is 3.46. The van der Waals surface area contributed by atoms with Gasteiger partial charge in [0.25, 0.3) is 10.5 Å². The number of aromatic nitrogens is 3. The monoisotopic (exact) mass is 281 g/mol. The summed E-state index contributed by atoms with van der Waals surface area (Å²) in [4.78, 5) is 5.00. The second-order valence-electron chi connectivity index (χ2n) is 5.03. The van der Waals surface area contributed by atoms with Crippen molar-refractivity contribution in [2.24, 2.45) is 6.98 Å². The van der Waals surface area contributed by atoms with Crippen molar-refractivity contribution in [2.75, 3.05) is 0 Å². The fraction of sp³-hybridized carbons (Fsp3) is 0.125. The molecule has 4 heteroatoms. The molecule has 0 saturated heterocycles. The number of thiazole rings is 1. The Balaban J connectivity index is 1.96. The molecular weight excluding hydrogens is 266 g/mol. The second-order valence-corrected chi connectivity index (χ2v) is 6.01. The largest absolute Gasteiger partial charge is 0.330 e. The number of hydrogen-bond acceptors (Lipinski definition) is 2. The maximum absolute atomic E-state index is 7.93. The smallest absolute Gasteiger partial charge is 0.272 e. The van der Waals surface area contributed by atoms with Crippen LogP contribution in [0.25, 0.3) is 31.8 Å². The van der Waals surface area contributed by atoms with E-state index in [1.165, 1.54) is 15.7 Å². The molecule has 4 aromatic rings. The molecule has 96 valence electrons. The number of pyridine rings is 1. The van der Waals surface area contributed by atoms with E-state index in [0.29, 0.717) is 5.52 Å². The molecule has 0 bridgehead atoms. The SMILES string of the molecule is [2H]C([2H])([2H])n1c2ccncc2c2c1sc1[n+]2Cc2ccccc2-1. The standard InChI is InChI=1S/C16H12N3S/c1-18-13-6-7-17-8-12(13)14-16(18)20-15-11-5-3-2-4-10(11)9-19(14)15/h2-8H,9H2,1H3/q+1/i1D3. The van der Waals surface area contributed by atoms with Crippen molar-refractivity contribution < 1.29 is 8.68 Å². The van der Waals surface area contributed by atoms with Crippen LogP contribution in [0, 0.1) is 0 Å². The van der Waals surface area contributed by atoms with Crippen LogP contribution in [0.1, 0.15) is 9.68 Å². The Morgan fingerprint density at radius 2 is 2.30 bits per heavy atom. The summed E-state index contributed by atoms with van der Waals surface area (Å²) >= 11 is 1.55. The quantitative estimate of drug-likeness (QED) is 0.400. The van der Waals surface area contributed by atoms with Crippen LogP contribution in [0.4, 0.5) is 0 Å². The third-order valence-corrected chi connectivity index (χ3v) is 5.19. The van der Waals surface area contributed by atoms with Crippen molar-refractivity contribution in [3.63, 3.8) is 0 Å². The zero-order chi connectivity index (χ0) is 15.8. The van der Waals surface area contributed by atoms with Gasteiger partial charge in [-0.15, -0.1) is 0 Å². The number of aryl methyl sites for hydroxylation is 1. The Kier molecular flexibility index (Phi) is 1.41. The van der Waals surface area contributed by atoms with E-state index >= 15 is 0 Å². The highest BCUT2D eigenvalue weighted by molar-refractivity contribution is 7.21. The average molecular weight is 281 g/mol. The molecule has 20 heavy (non-hydrogen) atoms. The maximum Gasteiger partial charge on any atom is 0.272 e. The summed E-state index contributed by atoms with van der Waals surface area (Å²) in [5, 5.41) is 2.02. The van der Waals surface area contributed by atoms with E-state index in [0.717, 1.165) is 27.3 Å². The van der Waals surface area contributed by atoms with E-state index < -0.39 is 6.98 Å². The van der Waals surface area contributed by atoms with Gasteiger partial charge in [-0.05, 0) is 23.5 Å². The van der Waals surface area contributed by atoms with Gasteiger partial charge in [0.05, 0.1) is 16.5 Å². The van der Waals surface area contributed by atoms with E-state index in [9.17, 15) is 0 Å². The van der Waals surface area contributed by atoms with Crippen LogP contribution in [0.2, 0.25) is 0 Å². The minimum atomic E-state index is -2.21. The third kappa shape index (κ3) is 1.11.